The van der Waals surface area contributed by atoms with Gasteiger partial charge in [0.25, 0.3) is 0 Å². The SMILES string of the molecule is CC1(O)CCN(CCS(=O)(=O)c2ccc(CN)cc2)CC1. The van der Waals surface area contributed by atoms with Crippen molar-refractivity contribution < 1.29 is 13.5 Å². The molecular weight excluding hydrogens is 288 g/mol. The minimum Gasteiger partial charge on any atom is -0.390 e. The largest absolute Gasteiger partial charge is 0.390 e. The van der Waals surface area contributed by atoms with Crippen LogP contribution in [-0.2, 0) is 16.4 Å². The zero-order valence-corrected chi connectivity index (χ0v) is 13.3. The summed E-state index contributed by atoms with van der Waals surface area (Å²) in [6.07, 6.45) is 1.39. The van der Waals surface area contributed by atoms with Gasteiger partial charge in [-0.25, -0.2) is 8.42 Å². The van der Waals surface area contributed by atoms with Gasteiger partial charge in [-0.2, -0.15) is 0 Å². The molecule has 0 aromatic heterocycles. The highest BCUT2D eigenvalue weighted by atomic mass is 32.2. The lowest BCUT2D eigenvalue weighted by atomic mass is 9.94. The van der Waals surface area contributed by atoms with Gasteiger partial charge >= 0.3 is 0 Å². The second kappa shape index (κ2) is 6.44. The molecule has 1 heterocycles. The normalized spacial score (nSPS) is 19.6. The summed E-state index contributed by atoms with van der Waals surface area (Å²) < 4.78 is 24.6. The molecule has 1 aliphatic heterocycles. The van der Waals surface area contributed by atoms with Gasteiger partial charge in [-0.3, -0.25) is 0 Å². The third-order valence-electron chi connectivity index (χ3n) is 4.13. The molecule has 0 amide bonds. The van der Waals surface area contributed by atoms with Crippen LogP contribution in [0, 0.1) is 0 Å². The van der Waals surface area contributed by atoms with E-state index in [1.165, 1.54) is 0 Å². The number of piperidine rings is 1. The number of aliphatic hydroxyl groups is 1. The molecule has 1 aliphatic rings. The minimum absolute atomic E-state index is 0.108. The lowest BCUT2D eigenvalue weighted by Gasteiger charge is -2.35. The second-order valence-corrected chi connectivity index (χ2v) is 8.11. The summed E-state index contributed by atoms with van der Waals surface area (Å²) >= 11 is 0. The van der Waals surface area contributed by atoms with Crippen molar-refractivity contribution in [2.24, 2.45) is 5.73 Å². The molecule has 0 unspecified atom stereocenters. The maximum Gasteiger partial charge on any atom is 0.179 e. The Morgan fingerprint density at radius 1 is 1.24 bits per heavy atom. The lowest BCUT2D eigenvalue weighted by molar-refractivity contribution is -0.00372. The first-order valence-electron chi connectivity index (χ1n) is 7.29. The Morgan fingerprint density at radius 2 is 1.81 bits per heavy atom. The van der Waals surface area contributed by atoms with Gasteiger partial charge in [0.05, 0.1) is 16.2 Å². The highest BCUT2D eigenvalue weighted by Gasteiger charge is 2.27. The van der Waals surface area contributed by atoms with Gasteiger partial charge in [0.15, 0.2) is 9.84 Å². The molecule has 118 valence electrons. The van der Waals surface area contributed by atoms with Gasteiger partial charge in [0.2, 0.25) is 0 Å². The first-order valence-corrected chi connectivity index (χ1v) is 8.94. The number of likely N-dealkylation sites (tertiary alicyclic amines) is 1. The summed E-state index contributed by atoms with van der Waals surface area (Å²) in [5.74, 6) is 0.108. The van der Waals surface area contributed by atoms with E-state index in [-0.39, 0.29) is 5.75 Å². The number of hydrogen-bond donors (Lipinski definition) is 2. The smallest absolute Gasteiger partial charge is 0.179 e. The molecular formula is C15H24N2O3S. The number of rotatable bonds is 5. The molecule has 5 nitrogen and oxygen atoms in total. The monoisotopic (exact) mass is 312 g/mol. The van der Waals surface area contributed by atoms with Crippen LogP contribution in [0.25, 0.3) is 0 Å². The van der Waals surface area contributed by atoms with Crippen LogP contribution in [0.2, 0.25) is 0 Å². The van der Waals surface area contributed by atoms with Crippen molar-refractivity contribution in [3.8, 4) is 0 Å². The molecule has 0 bridgehead atoms. The van der Waals surface area contributed by atoms with Gasteiger partial charge in [-0.15, -0.1) is 0 Å². The van der Waals surface area contributed by atoms with E-state index in [1.54, 1.807) is 24.3 Å². The predicted molar refractivity (Wildman–Crippen MR) is 82.7 cm³/mol. The minimum atomic E-state index is -3.26. The Hall–Kier alpha value is -0.950. The molecule has 3 N–H and O–H groups in total. The number of nitrogens with two attached hydrogens (primary N) is 1. The van der Waals surface area contributed by atoms with E-state index < -0.39 is 15.4 Å². The molecule has 0 spiro atoms. The van der Waals surface area contributed by atoms with Crippen molar-refractivity contribution in [1.82, 2.24) is 4.90 Å². The van der Waals surface area contributed by atoms with Gasteiger partial charge < -0.3 is 15.7 Å². The molecule has 1 fully saturated rings. The average molecular weight is 312 g/mol. The molecule has 0 aliphatic carbocycles. The third kappa shape index (κ3) is 4.51. The van der Waals surface area contributed by atoms with Crippen molar-refractivity contribution in [3.63, 3.8) is 0 Å². The molecule has 1 saturated heterocycles. The van der Waals surface area contributed by atoms with Crippen LogP contribution < -0.4 is 5.73 Å². The van der Waals surface area contributed by atoms with Crippen molar-refractivity contribution >= 4 is 9.84 Å². The average Bonchev–Trinajstić information content (AvgIpc) is 2.46. The fourth-order valence-electron chi connectivity index (χ4n) is 2.46. The molecule has 6 heteroatoms. The number of nitrogens with zero attached hydrogens (tertiary/aromatic N) is 1. The molecule has 0 radical (unpaired) electrons. The summed E-state index contributed by atoms with van der Waals surface area (Å²) in [5, 5.41) is 9.89. The summed E-state index contributed by atoms with van der Waals surface area (Å²) in [5.41, 5.74) is 5.83. The number of benzene rings is 1. The van der Waals surface area contributed by atoms with Crippen molar-refractivity contribution in [3.05, 3.63) is 29.8 Å². The Labute approximate surface area is 126 Å². The highest BCUT2D eigenvalue weighted by Crippen LogP contribution is 2.21. The Kier molecular flexibility index (Phi) is 5.03. The van der Waals surface area contributed by atoms with Crippen molar-refractivity contribution in [1.29, 1.82) is 0 Å². The quantitative estimate of drug-likeness (QED) is 0.839. The molecule has 0 saturated carbocycles. The lowest BCUT2D eigenvalue weighted by Crippen LogP contribution is -2.43. The maximum absolute atomic E-state index is 12.3. The maximum atomic E-state index is 12.3. The first-order chi connectivity index (χ1) is 9.82. The van der Waals surface area contributed by atoms with Crippen LogP contribution in [0.3, 0.4) is 0 Å². The zero-order valence-electron chi connectivity index (χ0n) is 12.5. The van der Waals surface area contributed by atoms with Crippen LogP contribution in [0.4, 0.5) is 0 Å². The van der Waals surface area contributed by atoms with E-state index >= 15 is 0 Å². The van der Waals surface area contributed by atoms with Gasteiger partial charge in [-0.1, -0.05) is 12.1 Å². The van der Waals surface area contributed by atoms with Gasteiger partial charge in [0, 0.05) is 26.2 Å². The summed E-state index contributed by atoms with van der Waals surface area (Å²) in [7, 11) is -3.26. The van der Waals surface area contributed by atoms with E-state index in [0.29, 0.717) is 30.8 Å². The van der Waals surface area contributed by atoms with Crippen molar-refractivity contribution in [2.45, 2.75) is 36.8 Å². The fraction of sp³-hybridized carbons (Fsp3) is 0.600. The molecule has 0 atom stereocenters. The fourth-order valence-corrected chi connectivity index (χ4v) is 3.74. The van der Waals surface area contributed by atoms with Crippen LogP contribution in [0.15, 0.2) is 29.2 Å². The second-order valence-electron chi connectivity index (χ2n) is 6.01. The van der Waals surface area contributed by atoms with Gasteiger partial charge in [-0.05, 0) is 37.5 Å². The summed E-state index contributed by atoms with van der Waals surface area (Å²) in [4.78, 5) is 2.45. The molecule has 21 heavy (non-hydrogen) atoms. The molecule has 2 rings (SSSR count). The number of hydrogen-bond acceptors (Lipinski definition) is 5. The summed E-state index contributed by atoms with van der Waals surface area (Å²) in [6.45, 7) is 4.24. The van der Waals surface area contributed by atoms with E-state index in [1.807, 2.05) is 6.92 Å². The first kappa shape index (κ1) is 16.4. The van der Waals surface area contributed by atoms with Gasteiger partial charge in [0.1, 0.15) is 0 Å². The van der Waals surface area contributed by atoms with Crippen LogP contribution >= 0.6 is 0 Å². The van der Waals surface area contributed by atoms with Crippen LogP contribution in [0.5, 0.6) is 0 Å². The summed E-state index contributed by atoms with van der Waals surface area (Å²) in [6, 6.07) is 6.76. The zero-order chi connectivity index (χ0) is 15.5. The Bertz CT molecular complexity index is 557. The number of sulfone groups is 1. The van der Waals surface area contributed by atoms with E-state index in [2.05, 4.69) is 4.90 Å². The Morgan fingerprint density at radius 3 is 2.33 bits per heavy atom. The Balaban J connectivity index is 1.92. The van der Waals surface area contributed by atoms with Crippen LogP contribution in [0.1, 0.15) is 25.3 Å². The van der Waals surface area contributed by atoms with Crippen LogP contribution in [-0.4, -0.2) is 49.4 Å². The van der Waals surface area contributed by atoms with Crippen molar-refractivity contribution in [2.75, 3.05) is 25.4 Å². The molecule has 1 aromatic carbocycles. The van der Waals surface area contributed by atoms with E-state index in [0.717, 1.165) is 18.7 Å². The highest BCUT2D eigenvalue weighted by molar-refractivity contribution is 7.91. The van der Waals surface area contributed by atoms with E-state index in [4.69, 9.17) is 5.73 Å². The van der Waals surface area contributed by atoms with E-state index in [9.17, 15) is 13.5 Å². The standard InChI is InChI=1S/C15H24N2O3S/c1-15(18)6-8-17(9-7-15)10-11-21(19,20)14-4-2-13(12-16)3-5-14/h2-5,18H,6-12,16H2,1H3. The third-order valence-corrected chi connectivity index (χ3v) is 5.84. The molecule has 1 aromatic rings. The predicted octanol–water partition coefficient (Wildman–Crippen LogP) is 0.766. The topological polar surface area (TPSA) is 83.6 Å².